The lowest BCUT2D eigenvalue weighted by Gasteiger charge is -2.10. The predicted octanol–water partition coefficient (Wildman–Crippen LogP) is 5.28. The van der Waals surface area contributed by atoms with E-state index >= 15 is 0 Å². The van der Waals surface area contributed by atoms with Crippen molar-refractivity contribution in [1.82, 2.24) is 9.99 Å². The first kappa shape index (κ1) is 20.4. The van der Waals surface area contributed by atoms with Crippen molar-refractivity contribution in [3.63, 3.8) is 0 Å². The van der Waals surface area contributed by atoms with E-state index in [1.54, 1.807) is 18.3 Å². The highest BCUT2D eigenvalue weighted by Crippen LogP contribution is 2.25. The number of hydrazone groups is 1. The zero-order valence-corrected chi connectivity index (χ0v) is 17.9. The van der Waals surface area contributed by atoms with E-state index in [2.05, 4.69) is 46.3 Å². The lowest BCUT2D eigenvalue weighted by molar-refractivity contribution is 0.0952. The Morgan fingerprint density at radius 3 is 2.39 bits per heavy atom. The molecule has 0 aliphatic heterocycles. The summed E-state index contributed by atoms with van der Waals surface area (Å²) in [6, 6.07) is 21.4. The van der Waals surface area contributed by atoms with E-state index in [9.17, 15) is 9.90 Å². The Hall–Kier alpha value is -3.86. The Morgan fingerprint density at radius 2 is 1.71 bits per heavy atom. The average molecular weight is 412 g/mol. The Kier molecular flexibility index (Phi) is 5.58. The van der Waals surface area contributed by atoms with Crippen LogP contribution in [0, 0.1) is 13.8 Å². The second-order valence-electron chi connectivity index (χ2n) is 7.60. The lowest BCUT2D eigenvalue weighted by atomic mass is 10.1. The smallest absolute Gasteiger partial charge is 0.275 e. The van der Waals surface area contributed by atoms with Crippen LogP contribution < -0.4 is 5.43 Å². The van der Waals surface area contributed by atoms with Crippen molar-refractivity contribution in [1.29, 1.82) is 0 Å². The Balaban J connectivity index is 1.54. The molecule has 0 spiro atoms. The molecule has 5 nitrogen and oxygen atoms in total. The third kappa shape index (κ3) is 4.08. The van der Waals surface area contributed by atoms with Crippen LogP contribution in [0.1, 0.15) is 39.8 Å². The molecule has 0 atom stereocenters. The van der Waals surface area contributed by atoms with Crippen LogP contribution >= 0.6 is 0 Å². The molecule has 1 aromatic heterocycles. The van der Waals surface area contributed by atoms with Gasteiger partial charge in [-0.15, -0.1) is 0 Å². The maximum absolute atomic E-state index is 12.5. The molecule has 0 radical (unpaired) electrons. The van der Waals surface area contributed by atoms with Gasteiger partial charge in [0, 0.05) is 22.6 Å². The quantitative estimate of drug-likeness (QED) is 0.347. The molecule has 3 aromatic carbocycles. The van der Waals surface area contributed by atoms with E-state index in [1.807, 2.05) is 44.2 Å². The van der Waals surface area contributed by atoms with Gasteiger partial charge in [0.2, 0.25) is 0 Å². The second-order valence-corrected chi connectivity index (χ2v) is 7.60. The molecular weight excluding hydrogens is 386 g/mol. The summed E-state index contributed by atoms with van der Waals surface area (Å²) in [4.78, 5) is 12.5. The van der Waals surface area contributed by atoms with Crippen molar-refractivity contribution in [2.24, 2.45) is 5.10 Å². The van der Waals surface area contributed by atoms with Crippen LogP contribution in [0.3, 0.4) is 0 Å². The number of hydrogen-bond acceptors (Lipinski definition) is 3. The maximum Gasteiger partial charge on any atom is 0.275 e. The number of benzene rings is 3. The molecule has 0 bridgehead atoms. The van der Waals surface area contributed by atoms with Crippen molar-refractivity contribution >= 4 is 22.9 Å². The molecule has 0 saturated heterocycles. The molecule has 0 unspecified atom stereocenters. The van der Waals surface area contributed by atoms with Gasteiger partial charge in [0.1, 0.15) is 5.75 Å². The number of phenols is 1. The van der Waals surface area contributed by atoms with E-state index in [1.165, 1.54) is 5.56 Å². The minimum Gasteiger partial charge on any atom is -0.507 e. The number of nitrogens with one attached hydrogen (secondary N) is 1. The monoisotopic (exact) mass is 411 g/mol. The van der Waals surface area contributed by atoms with Gasteiger partial charge >= 0.3 is 0 Å². The van der Waals surface area contributed by atoms with Crippen molar-refractivity contribution in [2.75, 3.05) is 0 Å². The number of phenolic OH excluding ortho intramolecular Hbond substituents is 1. The minimum atomic E-state index is -0.455. The zero-order chi connectivity index (χ0) is 22.0. The third-order valence-electron chi connectivity index (χ3n) is 5.55. The summed E-state index contributed by atoms with van der Waals surface area (Å²) in [7, 11) is 0. The number of fused-ring (bicyclic) bond motifs is 1. The first-order valence-corrected chi connectivity index (χ1v) is 10.3. The molecule has 0 aliphatic rings. The van der Waals surface area contributed by atoms with Crippen LogP contribution in [-0.4, -0.2) is 21.8 Å². The van der Waals surface area contributed by atoms with E-state index in [-0.39, 0.29) is 11.3 Å². The van der Waals surface area contributed by atoms with Gasteiger partial charge in [-0.3, -0.25) is 4.79 Å². The van der Waals surface area contributed by atoms with Crippen LogP contribution in [0.15, 0.2) is 71.8 Å². The van der Waals surface area contributed by atoms with Crippen LogP contribution in [0.2, 0.25) is 0 Å². The van der Waals surface area contributed by atoms with Crippen molar-refractivity contribution in [3.8, 4) is 11.4 Å². The maximum atomic E-state index is 12.5. The van der Waals surface area contributed by atoms with Crippen LogP contribution in [0.5, 0.6) is 5.75 Å². The number of aromatic hydroxyl groups is 1. The van der Waals surface area contributed by atoms with Crippen molar-refractivity contribution in [3.05, 3.63) is 94.8 Å². The van der Waals surface area contributed by atoms with Gasteiger partial charge in [0.25, 0.3) is 5.91 Å². The fourth-order valence-electron chi connectivity index (χ4n) is 3.83. The molecule has 1 amide bonds. The molecule has 0 saturated carbocycles. The molecule has 31 heavy (non-hydrogen) atoms. The van der Waals surface area contributed by atoms with Crippen LogP contribution in [-0.2, 0) is 6.42 Å². The Bertz CT molecular complexity index is 1280. The summed E-state index contributed by atoms with van der Waals surface area (Å²) in [5, 5.41) is 16.1. The third-order valence-corrected chi connectivity index (χ3v) is 5.55. The van der Waals surface area contributed by atoms with Gasteiger partial charge in [-0.25, -0.2) is 5.43 Å². The number of aromatic nitrogens is 1. The van der Waals surface area contributed by atoms with Crippen molar-refractivity contribution < 1.29 is 9.90 Å². The van der Waals surface area contributed by atoms with Gasteiger partial charge in [-0.05, 0) is 66.9 Å². The number of nitrogens with zero attached hydrogens (tertiary/aromatic N) is 2. The SMILES string of the molecule is CCc1ccc(-n2c(C)cc(C=NNC(=O)c3cc4ccccc4cc3O)c2C)cc1. The number of hydrogen-bond donors (Lipinski definition) is 2. The first-order valence-electron chi connectivity index (χ1n) is 10.3. The molecule has 2 N–H and O–H groups in total. The molecule has 156 valence electrons. The summed E-state index contributed by atoms with van der Waals surface area (Å²) in [5.74, 6) is -0.524. The molecule has 0 fully saturated rings. The van der Waals surface area contributed by atoms with Crippen LogP contribution in [0.4, 0.5) is 0 Å². The Labute approximate surface area is 181 Å². The summed E-state index contributed by atoms with van der Waals surface area (Å²) in [6.07, 6.45) is 2.64. The topological polar surface area (TPSA) is 66.6 Å². The number of rotatable bonds is 5. The normalized spacial score (nSPS) is 11.3. The van der Waals surface area contributed by atoms with Gasteiger partial charge in [0.05, 0.1) is 11.8 Å². The predicted molar refractivity (Wildman–Crippen MR) is 125 cm³/mol. The molecule has 0 aliphatic carbocycles. The van der Waals surface area contributed by atoms with E-state index in [4.69, 9.17) is 0 Å². The number of carbonyl (C=O) groups excluding carboxylic acids is 1. The highest BCUT2D eigenvalue weighted by molar-refractivity contribution is 6.01. The molecule has 5 heteroatoms. The summed E-state index contributed by atoms with van der Waals surface area (Å²) in [6.45, 7) is 6.21. The summed E-state index contributed by atoms with van der Waals surface area (Å²) < 4.78 is 2.16. The minimum absolute atomic E-state index is 0.0693. The number of carbonyl (C=O) groups is 1. The van der Waals surface area contributed by atoms with Gasteiger partial charge in [0.15, 0.2) is 0 Å². The molecule has 4 aromatic rings. The lowest BCUT2D eigenvalue weighted by Crippen LogP contribution is -2.17. The van der Waals surface area contributed by atoms with Gasteiger partial charge < -0.3 is 9.67 Å². The molecule has 1 heterocycles. The standard InChI is InChI=1S/C26H25N3O2/c1-4-19-9-11-23(12-10-19)29-17(2)13-22(18(29)3)16-27-28-26(31)24-14-20-7-5-6-8-21(20)15-25(24)30/h5-16,30H,4H2,1-3H3,(H,28,31). The largest absolute Gasteiger partial charge is 0.507 e. The van der Waals surface area contributed by atoms with Crippen molar-refractivity contribution in [2.45, 2.75) is 27.2 Å². The fourth-order valence-corrected chi connectivity index (χ4v) is 3.83. The van der Waals surface area contributed by atoms with E-state index in [0.29, 0.717) is 0 Å². The summed E-state index contributed by atoms with van der Waals surface area (Å²) in [5.41, 5.74) is 8.15. The fraction of sp³-hybridized carbons (Fsp3) is 0.154. The Morgan fingerprint density at radius 1 is 1.03 bits per heavy atom. The summed E-state index contributed by atoms with van der Waals surface area (Å²) >= 11 is 0. The number of aryl methyl sites for hydroxylation is 2. The van der Waals surface area contributed by atoms with E-state index in [0.717, 1.165) is 39.8 Å². The highest BCUT2D eigenvalue weighted by atomic mass is 16.3. The average Bonchev–Trinajstić information content (AvgIpc) is 3.06. The zero-order valence-electron chi connectivity index (χ0n) is 17.9. The van der Waals surface area contributed by atoms with Gasteiger partial charge in [-0.1, -0.05) is 43.3 Å². The second kappa shape index (κ2) is 8.48. The first-order chi connectivity index (χ1) is 15.0. The molecule has 4 rings (SSSR count). The number of amides is 1. The highest BCUT2D eigenvalue weighted by Gasteiger charge is 2.13. The van der Waals surface area contributed by atoms with E-state index < -0.39 is 5.91 Å². The molecular formula is C26H25N3O2. The van der Waals surface area contributed by atoms with Gasteiger partial charge in [-0.2, -0.15) is 5.10 Å². The van der Waals surface area contributed by atoms with Crippen LogP contribution in [0.25, 0.3) is 16.5 Å².